The molecule has 2 heterocycles. The third-order valence-electron chi connectivity index (χ3n) is 4.30. The SMILES string of the molecule is Cn1cc(S(=O)(=O)CC2(C)COC2)cc1C(=O)Nc1cc(F)cc(C#N)c1. The number of ether oxygens (including phenoxy) is 1. The number of nitrogens with one attached hydrogen (secondary N) is 1. The molecule has 1 fully saturated rings. The fourth-order valence-electron chi connectivity index (χ4n) is 2.93. The summed E-state index contributed by atoms with van der Waals surface area (Å²) in [6.45, 7) is 2.60. The zero-order valence-corrected chi connectivity index (χ0v) is 15.6. The molecule has 1 saturated heterocycles. The minimum Gasteiger partial charge on any atom is -0.380 e. The maximum atomic E-state index is 13.5. The van der Waals surface area contributed by atoms with Crippen LogP contribution >= 0.6 is 0 Å². The summed E-state index contributed by atoms with van der Waals surface area (Å²) in [4.78, 5) is 12.5. The van der Waals surface area contributed by atoms with Gasteiger partial charge in [-0.25, -0.2) is 12.8 Å². The molecule has 1 amide bonds. The lowest BCUT2D eigenvalue weighted by atomic mass is 9.92. The molecule has 0 radical (unpaired) electrons. The fourth-order valence-corrected chi connectivity index (χ4v) is 4.79. The molecule has 1 aromatic carbocycles. The molecule has 3 rings (SSSR count). The fraction of sp³-hybridized carbons (Fsp3) is 0.333. The molecule has 142 valence electrons. The van der Waals surface area contributed by atoms with E-state index in [1.54, 1.807) is 13.1 Å². The maximum absolute atomic E-state index is 13.5. The Balaban J connectivity index is 1.83. The van der Waals surface area contributed by atoms with Crippen LogP contribution < -0.4 is 5.32 Å². The lowest BCUT2D eigenvalue weighted by Crippen LogP contribution is -2.45. The number of rotatable bonds is 5. The van der Waals surface area contributed by atoms with Gasteiger partial charge in [0.2, 0.25) is 0 Å². The number of nitrogens with zero attached hydrogens (tertiary/aromatic N) is 2. The lowest BCUT2D eigenvalue weighted by Gasteiger charge is -2.37. The molecule has 7 nitrogen and oxygen atoms in total. The second-order valence-electron chi connectivity index (χ2n) is 7.03. The summed E-state index contributed by atoms with van der Waals surface area (Å²) in [5, 5.41) is 11.4. The minimum absolute atomic E-state index is 0.0419. The number of halogens is 1. The number of aromatic nitrogens is 1. The Kier molecular flexibility index (Phi) is 4.80. The van der Waals surface area contributed by atoms with E-state index in [-0.39, 0.29) is 27.6 Å². The molecule has 1 N–H and O–H groups in total. The monoisotopic (exact) mass is 391 g/mol. The number of carbonyl (C=O) groups excluding carboxylic acids is 1. The third kappa shape index (κ3) is 4.02. The number of nitriles is 1. The Labute approximate surface area is 156 Å². The smallest absolute Gasteiger partial charge is 0.272 e. The number of anilines is 1. The summed E-state index contributed by atoms with van der Waals surface area (Å²) in [6, 6.07) is 6.55. The summed E-state index contributed by atoms with van der Waals surface area (Å²) in [5.74, 6) is -1.33. The highest BCUT2D eigenvalue weighted by molar-refractivity contribution is 7.91. The highest BCUT2D eigenvalue weighted by Gasteiger charge is 2.39. The van der Waals surface area contributed by atoms with E-state index in [1.165, 1.54) is 22.9 Å². The van der Waals surface area contributed by atoms with Gasteiger partial charge in [0.1, 0.15) is 11.5 Å². The van der Waals surface area contributed by atoms with Crippen LogP contribution in [0.5, 0.6) is 0 Å². The third-order valence-corrected chi connectivity index (χ3v) is 6.31. The Bertz CT molecular complexity index is 1050. The van der Waals surface area contributed by atoms with E-state index < -0.39 is 27.0 Å². The molecule has 0 unspecified atom stereocenters. The highest BCUT2D eigenvalue weighted by atomic mass is 32.2. The molecule has 0 bridgehead atoms. The van der Waals surface area contributed by atoms with Crippen molar-refractivity contribution in [3.05, 3.63) is 47.5 Å². The molecule has 1 aliphatic heterocycles. The number of hydrogen-bond acceptors (Lipinski definition) is 5. The van der Waals surface area contributed by atoms with Gasteiger partial charge in [0.25, 0.3) is 5.91 Å². The van der Waals surface area contributed by atoms with Crippen LogP contribution in [0.4, 0.5) is 10.1 Å². The van der Waals surface area contributed by atoms with Crippen molar-refractivity contribution in [2.45, 2.75) is 11.8 Å². The molecule has 2 aromatic rings. The van der Waals surface area contributed by atoms with Crippen molar-refractivity contribution in [3.63, 3.8) is 0 Å². The van der Waals surface area contributed by atoms with E-state index in [4.69, 9.17) is 10.00 Å². The van der Waals surface area contributed by atoms with Gasteiger partial charge < -0.3 is 14.6 Å². The molecule has 0 atom stereocenters. The van der Waals surface area contributed by atoms with E-state index >= 15 is 0 Å². The van der Waals surface area contributed by atoms with Gasteiger partial charge in [-0.2, -0.15) is 5.26 Å². The topological polar surface area (TPSA) is 101 Å². The van der Waals surface area contributed by atoms with Crippen molar-refractivity contribution in [3.8, 4) is 6.07 Å². The van der Waals surface area contributed by atoms with Gasteiger partial charge >= 0.3 is 0 Å². The van der Waals surface area contributed by atoms with Gasteiger partial charge in [-0.05, 0) is 24.3 Å². The molecule has 0 saturated carbocycles. The van der Waals surface area contributed by atoms with Gasteiger partial charge in [0, 0.05) is 24.3 Å². The largest absolute Gasteiger partial charge is 0.380 e. The minimum atomic E-state index is -3.59. The number of aryl methyl sites for hydroxylation is 1. The van der Waals surface area contributed by atoms with E-state index in [0.717, 1.165) is 12.1 Å². The molecular formula is C18H18FN3O4S. The van der Waals surface area contributed by atoms with E-state index in [1.807, 2.05) is 6.92 Å². The van der Waals surface area contributed by atoms with Crippen molar-refractivity contribution in [1.82, 2.24) is 4.57 Å². The van der Waals surface area contributed by atoms with Crippen LogP contribution in [0.15, 0.2) is 35.4 Å². The van der Waals surface area contributed by atoms with Gasteiger partial charge in [0.05, 0.1) is 35.5 Å². The van der Waals surface area contributed by atoms with Crippen LogP contribution in [0.25, 0.3) is 0 Å². The molecule has 0 spiro atoms. The average molecular weight is 391 g/mol. The highest BCUT2D eigenvalue weighted by Crippen LogP contribution is 2.31. The zero-order valence-electron chi connectivity index (χ0n) is 14.8. The lowest BCUT2D eigenvalue weighted by molar-refractivity contribution is -0.0870. The Hall–Kier alpha value is -2.70. The van der Waals surface area contributed by atoms with Crippen LogP contribution in [-0.4, -0.2) is 37.9 Å². The molecular weight excluding hydrogens is 373 g/mol. The Morgan fingerprint density at radius 3 is 2.67 bits per heavy atom. The van der Waals surface area contributed by atoms with Crippen LogP contribution in [0.1, 0.15) is 23.0 Å². The first-order chi connectivity index (χ1) is 12.6. The second kappa shape index (κ2) is 6.79. The number of carbonyl (C=O) groups is 1. The Morgan fingerprint density at radius 1 is 1.37 bits per heavy atom. The van der Waals surface area contributed by atoms with Crippen molar-refractivity contribution in [1.29, 1.82) is 5.26 Å². The average Bonchev–Trinajstić information content (AvgIpc) is 2.95. The van der Waals surface area contributed by atoms with Crippen molar-refractivity contribution >= 4 is 21.4 Å². The van der Waals surface area contributed by atoms with E-state index in [2.05, 4.69) is 5.32 Å². The van der Waals surface area contributed by atoms with Crippen molar-refractivity contribution in [2.24, 2.45) is 12.5 Å². The number of sulfone groups is 1. The standard InChI is InChI=1S/C18H18FN3O4S/c1-18(9-26-10-18)11-27(24,25)15-6-16(22(2)8-15)17(23)21-14-4-12(7-20)3-13(19)5-14/h3-6,8H,9-11H2,1-2H3,(H,21,23). The van der Waals surface area contributed by atoms with Crippen LogP contribution in [0.2, 0.25) is 0 Å². The van der Waals surface area contributed by atoms with Gasteiger partial charge in [-0.15, -0.1) is 0 Å². The van der Waals surface area contributed by atoms with Gasteiger partial charge in [0.15, 0.2) is 9.84 Å². The van der Waals surface area contributed by atoms with Gasteiger partial charge in [-0.1, -0.05) is 6.92 Å². The van der Waals surface area contributed by atoms with Crippen LogP contribution in [0, 0.1) is 22.6 Å². The second-order valence-corrected chi connectivity index (χ2v) is 9.02. The molecule has 1 aliphatic rings. The quantitative estimate of drug-likeness (QED) is 0.841. The number of hydrogen-bond donors (Lipinski definition) is 1. The van der Waals surface area contributed by atoms with Crippen LogP contribution in [-0.2, 0) is 21.6 Å². The molecule has 0 aliphatic carbocycles. The summed E-state index contributed by atoms with van der Waals surface area (Å²) in [6.07, 6.45) is 1.37. The first-order valence-electron chi connectivity index (χ1n) is 8.11. The van der Waals surface area contributed by atoms with Crippen molar-refractivity contribution in [2.75, 3.05) is 24.3 Å². The first-order valence-corrected chi connectivity index (χ1v) is 9.76. The number of amides is 1. The van der Waals surface area contributed by atoms with Gasteiger partial charge in [-0.3, -0.25) is 4.79 Å². The Morgan fingerprint density at radius 2 is 2.07 bits per heavy atom. The summed E-state index contributed by atoms with van der Waals surface area (Å²) in [7, 11) is -2.04. The molecule has 27 heavy (non-hydrogen) atoms. The summed E-state index contributed by atoms with van der Waals surface area (Å²) < 4.78 is 45.3. The first kappa shape index (κ1) is 19.1. The summed E-state index contributed by atoms with van der Waals surface area (Å²) >= 11 is 0. The predicted molar refractivity (Wildman–Crippen MR) is 95.5 cm³/mol. The predicted octanol–water partition coefficient (Wildman–Crippen LogP) is 2.10. The summed E-state index contributed by atoms with van der Waals surface area (Å²) in [5.41, 5.74) is -0.143. The maximum Gasteiger partial charge on any atom is 0.272 e. The van der Waals surface area contributed by atoms with E-state index in [0.29, 0.717) is 13.2 Å². The number of benzene rings is 1. The molecule has 9 heteroatoms. The normalized spacial score (nSPS) is 15.6. The van der Waals surface area contributed by atoms with Crippen LogP contribution in [0.3, 0.4) is 0 Å². The zero-order chi connectivity index (χ0) is 19.8. The molecule has 1 aromatic heterocycles. The van der Waals surface area contributed by atoms with E-state index in [9.17, 15) is 17.6 Å². The van der Waals surface area contributed by atoms with Crippen molar-refractivity contribution < 1.29 is 22.3 Å².